The second-order valence-corrected chi connectivity index (χ2v) is 7.66. The van der Waals surface area contributed by atoms with Crippen molar-refractivity contribution in [1.82, 2.24) is 0 Å². The van der Waals surface area contributed by atoms with E-state index in [1.165, 1.54) is 33.3 Å². The number of carboxylic acid groups (broad SMARTS) is 1. The van der Waals surface area contributed by atoms with Gasteiger partial charge in [0.25, 0.3) is 0 Å². The molecule has 0 saturated carbocycles. The summed E-state index contributed by atoms with van der Waals surface area (Å²) in [5.41, 5.74) is 4.92. The number of halogens is 3. The molecular formula is C25H24F3NO4. The monoisotopic (exact) mass is 459 g/mol. The Labute approximate surface area is 189 Å². The molecule has 0 saturated heterocycles. The van der Waals surface area contributed by atoms with Gasteiger partial charge in [-0.3, -0.25) is 0 Å². The van der Waals surface area contributed by atoms with Gasteiger partial charge in [-0.05, 0) is 30.0 Å². The molecule has 0 fully saturated rings. The number of carboxylic acids is 1. The van der Waals surface area contributed by atoms with Gasteiger partial charge in [0, 0.05) is 25.5 Å². The van der Waals surface area contributed by atoms with Gasteiger partial charge in [-0.1, -0.05) is 30.3 Å². The van der Waals surface area contributed by atoms with Crippen LogP contribution in [-0.4, -0.2) is 42.7 Å². The molecule has 4 rings (SSSR count). The highest BCUT2D eigenvalue weighted by molar-refractivity contribution is 6.02. The Morgan fingerprint density at radius 3 is 2.30 bits per heavy atom. The maximum Gasteiger partial charge on any atom is 0.430 e. The second-order valence-electron chi connectivity index (χ2n) is 7.66. The lowest BCUT2D eigenvalue weighted by atomic mass is 9.91. The van der Waals surface area contributed by atoms with Crippen LogP contribution in [0.25, 0.3) is 10.8 Å². The van der Waals surface area contributed by atoms with Gasteiger partial charge in [0.05, 0.1) is 25.2 Å². The Bertz CT molecular complexity index is 1210. The minimum Gasteiger partial charge on any atom is -0.542 e. The lowest BCUT2D eigenvalue weighted by molar-refractivity contribution is -0.480. The number of fused-ring (bicyclic) bond motifs is 2. The van der Waals surface area contributed by atoms with Gasteiger partial charge in [0.15, 0.2) is 11.8 Å². The molecule has 3 aromatic carbocycles. The number of nitrogens with zero attached hydrogens (tertiary/aromatic N) is 1. The molecule has 1 aliphatic rings. The molecule has 0 radical (unpaired) electrons. The number of carbonyl (C=O) groups excluding carboxylic acids is 1. The molecule has 0 unspecified atom stereocenters. The van der Waals surface area contributed by atoms with Crippen LogP contribution in [0.3, 0.4) is 0 Å². The van der Waals surface area contributed by atoms with Gasteiger partial charge >= 0.3 is 6.18 Å². The van der Waals surface area contributed by atoms with Gasteiger partial charge in [0.2, 0.25) is 5.69 Å². The topological polar surface area (TPSA) is 61.6 Å². The lowest BCUT2D eigenvalue weighted by Crippen LogP contribution is -2.37. The molecule has 0 amide bonds. The molecule has 1 heterocycles. The van der Waals surface area contributed by atoms with E-state index in [1.807, 2.05) is 6.07 Å². The summed E-state index contributed by atoms with van der Waals surface area (Å²) in [6.45, 7) is 4.46. The van der Waals surface area contributed by atoms with Crippen LogP contribution in [0.5, 0.6) is 11.5 Å². The fourth-order valence-electron chi connectivity index (χ4n) is 4.19. The summed E-state index contributed by atoms with van der Waals surface area (Å²) in [4.78, 5) is 8.78. The summed E-state index contributed by atoms with van der Waals surface area (Å²) in [7, 11) is 3.43. The van der Waals surface area contributed by atoms with Crippen LogP contribution in [0.15, 0.2) is 54.6 Å². The highest BCUT2D eigenvalue weighted by Crippen LogP contribution is 2.36. The van der Waals surface area contributed by atoms with Crippen LogP contribution < -0.4 is 14.6 Å². The van der Waals surface area contributed by atoms with Crippen LogP contribution in [0.1, 0.15) is 25.0 Å². The fourth-order valence-corrected chi connectivity index (χ4v) is 4.19. The average molecular weight is 459 g/mol. The molecule has 174 valence electrons. The number of aliphatic carboxylic acids is 1. The normalized spacial score (nSPS) is 15.4. The van der Waals surface area contributed by atoms with E-state index in [0.29, 0.717) is 6.04 Å². The zero-order chi connectivity index (χ0) is 24.3. The third-order valence-electron chi connectivity index (χ3n) is 5.55. The number of benzene rings is 3. The third kappa shape index (κ3) is 4.94. The predicted octanol–water partition coefficient (Wildman–Crippen LogP) is 4.25. The van der Waals surface area contributed by atoms with Crippen LogP contribution in [-0.2, 0) is 11.2 Å². The molecule has 5 nitrogen and oxygen atoms in total. The first-order valence-electron chi connectivity index (χ1n) is 10.2. The largest absolute Gasteiger partial charge is 0.542 e. The van der Waals surface area contributed by atoms with E-state index < -0.39 is 12.1 Å². The van der Waals surface area contributed by atoms with E-state index in [0.717, 1.165) is 17.9 Å². The Morgan fingerprint density at radius 2 is 1.70 bits per heavy atom. The minimum absolute atomic E-state index is 0.352. The number of carbonyl (C=O) groups is 1. The molecule has 33 heavy (non-hydrogen) atoms. The van der Waals surface area contributed by atoms with Gasteiger partial charge in [-0.15, -0.1) is 0 Å². The summed E-state index contributed by atoms with van der Waals surface area (Å²) in [6, 6.07) is 19.5. The number of hydrogen-bond donors (Lipinski definition) is 0. The van der Waals surface area contributed by atoms with Crippen molar-refractivity contribution in [2.75, 3.05) is 14.2 Å². The molecule has 0 aromatic heterocycles. The summed E-state index contributed by atoms with van der Waals surface area (Å²) in [5, 5.41) is 11.3. The highest BCUT2D eigenvalue weighted by Gasteiger charge is 2.34. The summed E-state index contributed by atoms with van der Waals surface area (Å²) in [5.74, 6) is -1.29. The fraction of sp³-hybridized carbons (Fsp3) is 0.280. The van der Waals surface area contributed by atoms with Crippen molar-refractivity contribution >= 4 is 28.1 Å². The summed E-state index contributed by atoms with van der Waals surface area (Å²) >= 11 is 0. The van der Waals surface area contributed by atoms with E-state index in [4.69, 9.17) is 19.4 Å². The Kier molecular flexibility index (Phi) is 6.95. The van der Waals surface area contributed by atoms with Gasteiger partial charge < -0.3 is 19.4 Å². The van der Waals surface area contributed by atoms with E-state index in [1.54, 1.807) is 14.2 Å². The van der Waals surface area contributed by atoms with Crippen molar-refractivity contribution in [2.45, 2.75) is 32.5 Å². The van der Waals surface area contributed by atoms with Crippen molar-refractivity contribution < 1.29 is 37.1 Å². The maximum atomic E-state index is 10.5. The molecule has 1 atom stereocenters. The quantitative estimate of drug-likeness (QED) is 0.550. The second kappa shape index (κ2) is 9.52. The Hall–Kier alpha value is -3.55. The van der Waals surface area contributed by atoms with Crippen molar-refractivity contribution in [2.24, 2.45) is 0 Å². The molecule has 3 aromatic rings. The van der Waals surface area contributed by atoms with Crippen LogP contribution in [0.2, 0.25) is 0 Å². The van der Waals surface area contributed by atoms with Gasteiger partial charge in [-0.25, -0.2) is 0 Å². The SMILES string of the molecule is COc1cc2c(c(OC)c1)C(C)=[N+](c1cccc3ccccc13)[C@@H](C)C2.O=C([O-])C(F)(F)F. The molecule has 0 N–H and O–H groups in total. The van der Waals surface area contributed by atoms with Crippen molar-refractivity contribution in [3.63, 3.8) is 0 Å². The summed E-state index contributed by atoms with van der Waals surface area (Å²) in [6.07, 6.45) is -4.25. The molecule has 8 heteroatoms. The molecule has 0 bridgehead atoms. The first-order chi connectivity index (χ1) is 15.6. The zero-order valence-corrected chi connectivity index (χ0v) is 18.7. The highest BCUT2D eigenvalue weighted by atomic mass is 19.4. The van der Waals surface area contributed by atoms with E-state index in [2.05, 4.69) is 67.0 Å². The number of ether oxygens (including phenoxy) is 2. The first kappa shape index (κ1) is 24.1. The zero-order valence-electron chi connectivity index (χ0n) is 18.7. The summed E-state index contributed by atoms with van der Waals surface area (Å²) < 4.78 is 45.2. The number of hydrogen-bond acceptors (Lipinski definition) is 4. The van der Waals surface area contributed by atoms with Crippen molar-refractivity contribution in [1.29, 1.82) is 0 Å². The predicted molar refractivity (Wildman–Crippen MR) is 117 cm³/mol. The van der Waals surface area contributed by atoms with E-state index in [9.17, 15) is 13.2 Å². The first-order valence-corrected chi connectivity index (χ1v) is 10.2. The Balaban J connectivity index is 0.000000383. The molecule has 0 spiro atoms. The van der Waals surface area contributed by atoms with Crippen molar-refractivity contribution in [3.8, 4) is 11.5 Å². The molecule has 0 aliphatic carbocycles. The van der Waals surface area contributed by atoms with E-state index >= 15 is 0 Å². The number of rotatable bonds is 3. The third-order valence-corrected chi connectivity index (χ3v) is 5.55. The smallest absolute Gasteiger partial charge is 0.430 e. The van der Waals surface area contributed by atoms with Crippen LogP contribution in [0.4, 0.5) is 18.9 Å². The minimum atomic E-state index is -5.19. The van der Waals surface area contributed by atoms with Crippen molar-refractivity contribution in [3.05, 3.63) is 65.7 Å². The van der Waals surface area contributed by atoms with E-state index in [-0.39, 0.29) is 0 Å². The lowest BCUT2D eigenvalue weighted by Gasteiger charge is -2.24. The van der Waals surface area contributed by atoms with Crippen LogP contribution >= 0.6 is 0 Å². The van der Waals surface area contributed by atoms with Crippen LogP contribution in [0, 0.1) is 0 Å². The number of alkyl halides is 3. The Morgan fingerprint density at radius 1 is 1.06 bits per heavy atom. The number of methoxy groups -OCH3 is 2. The maximum absolute atomic E-state index is 10.5. The van der Waals surface area contributed by atoms with Gasteiger partial charge in [-0.2, -0.15) is 17.7 Å². The standard InChI is InChI=1S/C23H24NO2.C2HF3O2/c1-15-12-18-13-19(25-3)14-22(26-4)23(18)16(2)24(15)21-11-7-9-17-8-5-6-10-20(17)21;3-2(4,5)1(6)7/h5-11,13-15H,12H2,1-4H3;(H,6,7)/q+1;/p-1/t15-;/m0./s1. The average Bonchev–Trinajstić information content (AvgIpc) is 2.78. The molecule has 1 aliphatic heterocycles. The molecular weight excluding hydrogens is 435 g/mol. The van der Waals surface area contributed by atoms with Gasteiger partial charge in [0.1, 0.15) is 17.5 Å².